The SMILES string of the molecule is OC1CCOC12CCC(F)(F)CC2. The van der Waals surface area contributed by atoms with Gasteiger partial charge in [0.1, 0.15) is 0 Å². The molecule has 2 rings (SSSR count). The van der Waals surface area contributed by atoms with Crippen LogP contribution in [0.3, 0.4) is 0 Å². The van der Waals surface area contributed by atoms with Crippen molar-refractivity contribution in [3.8, 4) is 0 Å². The smallest absolute Gasteiger partial charge is 0.248 e. The van der Waals surface area contributed by atoms with E-state index in [1.165, 1.54) is 0 Å². The topological polar surface area (TPSA) is 29.5 Å². The molecule has 1 atom stereocenters. The molecule has 76 valence electrons. The molecule has 0 bridgehead atoms. The molecule has 2 fully saturated rings. The van der Waals surface area contributed by atoms with E-state index in [2.05, 4.69) is 0 Å². The molecule has 0 aromatic carbocycles. The van der Waals surface area contributed by atoms with E-state index < -0.39 is 17.6 Å². The van der Waals surface area contributed by atoms with Gasteiger partial charge in [-0.3, -0.25) is 0 Å². The Bertz CT molecular complexity index is 196. The highest BCUT2D eigenvalue weighted by Gasteiger charge is 2.50. The number of rotatable bonds is 0. The first kappa shape index (κ1) is 9.34. The average molecular weight is 192 g/mol. The summed E-state index contributed by atoms with van der Waals surface area (Å²) in [6.45, 7) is 0.507. The molecule has 1 saturated carbocycles. The molecule has 0 radical (unpaired) electrons. The van der Waals surface area contributed by atoms with Crippen LogP contribution in [0.25, 0.3) is 0 Å². The molecule has 0 aromatic heterocycles. The molecule has 1 spiro atoms. The number of hydrogen-bond donors (Lipinski definition) is 1. The molecule has 1 aliphatic heterocycles. The molecule has 1 aliphatic carbocycles. The van der Waals surface area contributed by atoms with Crippen molar-refractivity contribution in [1.29, 1.82) is 0 Å². The van der Waals surface area contributed by atoms with Crippen molar-refractivity contribution in [1.82, 2.24) is 0 Å². The van der Waals surface area contributed by atoms with Gasteiger partial charge >= 0.3 is 0 Å². The second kappa shape index (κ2) is 2.89. The summed E-state index contributed by atoms with van der Waals surface area (Å²) < 4.78 is 31.1. The summed E-state index contributed by atoms with van der Waals surface area (Å²) in [6.07, 6.45) is 0.339. The molecule has 1 N–H and O–H groups in total. The summed E-state index contributed by atoms with van der Waals surface area (Å²) in [5.41, 5.74) is -0.637. The van der Waals surface area contributed by atoms with E-state index in [4.69, 9.17) is 4.74 Å². The number of aliphatic hydroxyl groups is 1. The largest absolute Gasteiger partial charge is 0.390 e. The fourth-order valence-electron chi connectivity index (χ4n) is 2.25. The maximum atomic E-state index is 12.8. The highest BCUT2D eigenvalue weighted by atomic mass is 19.3. The zero-order valence-corrected chi connectivity index (χ0v) is 7.43. The Labute approximate surface area is 75.9 Å². The zero-order chi connectivity index (χ0) is 9.53. The average Bonchev–Trinajstić information content (AvgIpc) is 2.41. The van der Waals surface area contributed by atoms with Crippen LogP contribution in [0.15, 0.2) is 0 Å². The first-order chi connectivity index (χ1) is 6.04. The van der Waals surface area contributed by atoms with Gasteiger partial charge in [-0.1, -0.05) is 0 Å². The monoisotopic (exact) mass is 192 g/mol. The van der Waals surface area contributed by atoms with Gasteiger partial charge in [0.15, 0.2) is 0 Å². The molecular weight excluding hydrogens is 178 g/mol. The Balaban J connectivity index is 2.04. The van der Waals surface area contributed by atoms with Crippen LogP contribution in [0.1, 0.15) is 32.1 Å². The number of alkyl halides is 2. The molecule has 13 heavy (non-hydrogen) atoms. The van der Waals surface area contributed by atoms with Crippen LogP contribution in [0.2, 0.25) is 0 Å². The third kappa shape index (κ3) is 1.57. The molecule has 1 heterocycles. The summed E-state index contributed by atoms with van der Waals surface area (Å²) in [5.74, 6) is -2.54. The minimum atomic E-state index is -2.54. The third-order valence-corrected chi connectivity index (χ3v) is 3.22. The maximum Gasteiger partial charge on any atom is 0.248 e. The summed E-state index contributed by atoms with van der Waals surface area (Å²) >= 11 is 0. The van der Waals surface area contributed by atoms with Crippen LogP contribution < -0.4 is 0 Å². The van der Waals surface area contributed by atoms with Crippen molar-refractivity contribution in [2.75, 3.05) is 6.61 Å². The van der Waals surface area contributed by atoms with Gasteiger partial charge in [-0.15, -0.1) is 0 Å². The Hall–Kier alpha value is -0.220. The third-order valence-electron chi connectivity index (χ3n) is 3.22. The van der Waals surface area contributed by atoms with Crippen molar-refractivity contribution in [2.24, 2.45) is 0 Å². The van der Waals surface area contributed by atoms with E-state index in [9.17, 15) is 13.9 Å². The van der Waals surface area contributed by atoms with E-state index in [1.54, 1.807) is 0 Å². The Morgan fingerprint density at radius 2 is 1.77 bits per heavy atom. The highest BCUT2D eigenvalue weighted by molar-refractivity contribution is 4.98. The van der Waals surface area contributed by atoms with Gasteiger partial charge in [0, 0.05) is 12.8 Å². The van der Waals surface area contributed by atoms with Crippen molar-refractivity contribution >= 4 is 0 Å². The zero-order valence-electron chi connectivity index (χ0n) is 7.43. The molecule has 0 aromatic rings. The van der Waals surface area contributed by atoms with Crippen LogP contribution in [0, 0.1) is 0 Å². The lowest BCUT2D eigenvalue weighted by Crippen LogP contribution is -2.45. The van der Waals surface area contributed by atoms with E-state index in [0.717, 1.165) is 0 Å². The van der Waals surface area contributed by atoms with Gasteiger partial charge in [0.05, 0.1) is 18.3 Å². The standard InChI is InChI=1S/C9H14F2O2/c10-9(11)4-2-8(3-5-9)7(12)1-6-13-8/h7,12H,1-6H2. The van der Waals surface area contributed by atoms with Crippen molar-refractivity contribution < 1.29 is 18.6 Å². The molecular formula is C9H14F2O2. The first-order valence-electron chi connectivity index (χ1n) is 4.74. The minimum absolute atomic E-state index is 0.149. The van der Waals surface area contributed by atoms with Crippen LogP contribution in [-0.4, -0.2) is 29.3 Å². The number of ether oxygens (including phenoxy) is 1. The van der Waals surface area contributed by atoms with Gasteiger partial charge in [-0.25, -0.2) is 8.78 Å². The lowest BCUT2D eigenvalue weighted by atomic mass is 9.79. The Kier molecular flexibility index (Phi) is 2.07. The van der Waals surface area contributed by atoms with Crippen molar-refractivity contribution in [2.45, 2.75) is 49.7 Å². The lowest BCUT2D eigenvalue weighted by Gasteiger charge is -2.38. The van der Waals surface area contributed by atoms with E-state index in [-0.39, 0.29) is 12.8 Å². The fraction of sp³-hybridized carbons (Fsp3) is 1.00. The predicted octanol–water partition coefficient (Wildman–Crippen LogP) is 1.72. The maximum absolute atomic E-state index is 12.8. The number of hydrogen-bond acceptors (Lipinski definition) is 2. The predicted molar refractivity (Wildman–Crippen MR) is 42.7 cm³/mol. The molecule has 1 unspecified atom stereocenters. The lowest BCUT2D eigenvalue weighted by molar-refractivity contribution is -0.139. The summed E-state index contributed by atoms with van der Waals surface area (Å²) in [6, 6.07) is 0. The second-order valence-electron chi connectivity index (χ2n) is 4.07. The van der Waals surface area contributed by atoms with Crippen molar-refractivity contribution in [3.05, 3.63) is 0 Å². The summed E-state index contributed by atoms with van der Waals surface area (Å²) in [7, 11) is 0. The number of halogens is 2. The quantitative estimate of drug-likeness (QED) is 0.633. The van der Waals surface area contributed by atoms with E-state index in [1.807, 2.05) is 0 Å². The Morgan fingerprint density at radius 1 is 1.15 bits per heavy atom. The van der Waals surface area contributed by atoms with Crippen LogP contribution in [0.5, 0.6) is 0 Å². The van der Waals surface area contributed by atoms with Gasteiger partial charge in [-0.2, -0.15) is 0 Å². The molecule has 2 aliphatic rings. The molecule has 4 heteroatoms. The second-order valence-corrected chi connectivity index (χ2v) is 4.07. The van der Waals surface area contributed by atoms with E-state index in [0.29, 0.717) is 25.9 Å². The molecule has 1 saturated heterocycles. The minimum Gasteiger partial charge on any atom is -0.390 e. The normalized spacial score (nSPS) is 36.7. The number of aliphatic hydroxyl groups excluding tert-OH is 1. The van der Waals surface area contributed by atoms with Gasteiger partial charge < -0.3 is 9.84 Å². The van der Waals surface area contributed by atoms with Crippen molar-refractivity contribution in [3.63, 3.8) is 0 Å². The van der Waals surface area contributed by atoms with Gasteiger partial charge in [0.2, 0.25) is 5.92 Å². The van der Waals surface area contributed by atoms with Crippen LogP contribution in [0.4, 0.5) is 8.78 Å². The molecule has 0 amide bonds. The summed E-state index contributed by atoms with van der Waals surface area (Å²) in [5, 5.41) is 9.60. The first-order valence-corrected chi connectivity index (χ1v) is 4.74. The van der Waals surface area contributed by atoms with E-state index >= 15 is 0 Å². The van der Waals surface area contributed by atoms with Gasteiger partial charge in [0.25, 0.3) is 0 Å². The Morgan fingerprint density at radius 3 is 2.23 bits per heavy atom. The van der Waals surface area contributed by atoms with Crippen LogP contribution in [-0.2, 0) is 4.74 Å². The summed E-state index contributed by atoms with van der Waals surface area (Å²) in [4.78, 5) is 0. The highest BCUT2D eigenvalue weighted by Crippen LogP contribution is 2.45. The van der Waals surface area contributed by atoms with Crippen LogP contribution >= 0.6 is 0 Å². The van der Waals surface area contributed by atoms with Gasteiger partial charge in [-0.05, 0) is 19.3 Å². The fourth-order valence-corrected chi connectivity index (χ4v) is 2.25. The molecule has 2 nitrogen and oxygen atoms in total.